The summed E-state index contributed by atoms with van der Waals surface area (Å²) in [5, 5.41) is 7.40. The van der Waals surface area contributed by atoms with Gasteiger partial charge in [-0.05, 0) is 29.8 Å². The number of fused-ring (bicyclic) bond motifs is 3. The predicted octanol–water partition coefficient (Wildman–Crippen LogP) is 5.33. The van der Waals surface area contributed by atoms with Crippen molar-refractivity contribution in [3.8, 4) is 0 Å². The average Bonchev–Trinajstić information content (AvgIpc) is 2.96. The first-order valence-electron chi connectivity index (χ1n) is 8.76. The Balaban J connectivity index is 1.50. The van der Waals surface area contributed by atoms with Gasteiger partial charge in [0.1, 0.15) is 0 Å². The molecule has 6 heteroatoms. The van der Waals surface area contributed by atoms with E-state index in [4.69, 9.17) is 23.2 Å². The highest BCUT2D eigenvalue weighted by Crippen LogP contribution is 2.28. The lowest BCUT2D eigenvalue weighted by Gasteiger charge is -2.03. The Kier molecular flexibility index (Phi) is 5.07. The van der Waals surface area contributed by atoms with Gasteiger partial charge in [0, 0.05) is 39.4 Å². The van der Waals surface area contributed by atoms with Crippen LogP contribution in [0.25, 0.3) is 21.8 Å². The van der Waals surface area contributed by atoms with Crippen LogP contribution in [-0.4, -0.2) is 16.7 Å². The van der Waals surface area contributed by atoms with Crippen LogP contribution in [0.15, 0.2) is 65.8 Å². The minimum Gasteiger partial charge on any atom is -0.344 e. The molecule has 4 rings (SSSR count). The summed E-state index contributed by atoms with van der Waals surface area (Å²) in [6.45, 7) is 0. The van der Waals surface area contributed by atoms with Crippen molar-refractivity contribution in [2.45, 2.75) is 6.42 Å². The van der Waals surface area contributed by atoms with E-state index in [1.807, 2.05) is 25.2 Å². The van der Waals surface area contributed by atoms with E-state index in [-0.39, 0.29) is 12.3 Å². The van der Waals surface area contributed by atoms with Crippen LogP contribution in [-0.2, 0) is 18.3 Å². The molecule has 4 aromatic rings. The lowest BCUT2D eigenvalue weighted by atomic mass is 10.1. The Morgan fingerprint density at radius 1 is 1.04 bits per heavy atom. The molecule has 0 saturated carbocycles. The van der Waals surface area contributed by atoms with Crippen LogP contribution in [0.5, 0.6) is 0 Å². The van der Waals surface area contributed by atoms with Crippen molar-refractivity contribution in [2.75, 3.05) is 0 Å². The third-order valence-corrected chi connectivity index (χ3v) is 5.26. The van der Waals surface area contributed by atoms with Crippen molar-refractivity contribution in [3.63, 3.8) is 0 Å². The van der Waals surface area contributed by atoms with Crippen molar-refractivity contribution >= 4 is 57.1 Å². The molecule has 0 saturated heterocycles. The smallest absolute Gasteiger partial charge is 0.244 e. The third-order valence-electron chi connectivity index (χ3n) is 4.70. The van der Waals surface area contributed by atoms with Gasteiger partial charge in [0.05, 0.1) is 17.7 Å². The Labute approximate surface area is 172 Å². The molecule has 4 nitrogen and oxygen atoms in total. The third kappa shape index (κ3) is 3.61. The number of para-hydroxylation sites is 1. The molecule has 0 bridgehead atoms. The van der Waals surface area contributed by atoms with Gasteiger partial charge >= 0.3 is 0 Å². The first-order valence-corrected chi connectivity index (χ1v) is 9.51. The zero-order valence-corrected chi connectivity index (χ0v) is 16.6. The molecule has 1 amide bonds. The first-order chi connectivity index (χ1) is 13.5. The van der Waals surface area contributed by atoms with Crippen LogP contribution in [0.3, 0.4) is 0 Å². The zero-order valence-electron chi connectivity index (χ0n) is 15.1. The SMILES string of the molecule is Cn1c2ccccc2c2ccc(CC(=O)N/N=C\c3ccc(Cl)cc3Cl)cc21. The summed E-state index contributed by atoms with van der Waals surface area (Å²) >= 11 is 12.0. The molecular formula is C22H17Cl2N3O. The standard InChI is InChI=1S/C22H17Cl2N3O/c1-27-20-5-3-2-4-17(20)18-9-6-14(10-21(18)27)11-22(28)26-25-13-15-7-8-16(23)12-19(15)24/h2-10,12-13H,11H2,1H3,(H,26,28)/b25-13-. The van der Waals surface area contributed by atoms with Crippen molar-refractivity contribution in [3.05, 3.63) is 81.8 Å². The minimum absolute atomic E-state index is 0.195. The number of benzene rings is 3. The number of hydrazone groups is 1. The monoisotopic (exact) mass is 409 g/mol. The van der Waals surface area contributed by atoms with Gasteiger partial charge in [-0.15, -0.1) is 0 Å². The molecule has 0 spiro atoms. The Morgan fingerprint density at radius 2 is 1.82 bits per heavy atom. The highest BCUT2D eigenvalue weighted by atomic mass is 35.5. The number of nitrogens with one attached hydrogen (secondary N) is 1. The molecule has 1 N–H and O–H groups in total. The number of hydrogen-bond acceptors (Lipinski definition) is 2. The van der Waals surface area contributed by atoms with Gasteiger partial charge in [0.25, 0.3) is 0 Å². The molecule has 28 heavy (non-hydrogen) atoms. The largest absolute Gasteiger partial charge is 0.344 e. The zero-order chi connectivity index (χ0) is 19.7. The number of carbonyl (C=O) groups excluding carboxylic acids is 1. The fourth-order valence-electron chi connectivity index (χ4n) is 3.32. The van der Waals surface area contributed by atoms with Gasteiger partial charge in [-0.1, -0.05) is 59.6 Å². The molecule has 140 valence electrons. The van der Waals surface area contributed by atoms with Crippen molar-refractivity contribution in [2.24, 2.45) is 12.1 Å². The molecule has 0 atom stereocenters. The van der Waals surface area contributed by atoms with Crippen LogP contribution < -0.4 is 5.43 Å². The van der Waals surface area contributed by atoms with Crippen LogP contribution in [0.2, 0.25) is 10.0 Å². The van der Waals surface area contributed by atoms with Crippen LogP contribution in [0, 0.1) is 0 Å². The molecule has 0 unspecified atom stereocenters. The maximum absolute atomic E-state index is 12.2. The van der Waals surface area contributed by atoms with Gasteiger partial charge in [0.15, 0.2) is 0 Å². The average molecular weight is 410 g/mol. The number of hydrogen-bond donors (Lipinski definition) is 1. The number of halogens is 2. The fraction of sp³-hybridized carbons (Fsp3) is 0.0909. The summed E-state index contributed by atoms with van der Waals surface area (Å²) in [6.07, 6.45) is 1.74. The molecule has 1 aromatic heterocycles. The minimum atomic E-state index is -0.195. The number of amides is 1. The van der Waals surface area contributed by atoms with E-state index in [2.05, 4.69) is 39.4 Å². The van der Waals surface area contributed by atoms with Gasteiger partial charge in [-0.25, -0.2) is 5.43 Å². The summed E-state index contributed by atoms with van der Waals surface area (Å²) in [5.74, 6) is -0.195. The van der Waals surface area contributed by atoms with Crippen molar-refractivity contribution in [1.29, 1.82) is 0 Å². The lowest BCUT2D eigenvalue weighted by molar-refractivity contribution is -0.120. The molecule has 0 radical (unpaired) electrons. The number of rotatable bonds is 4. The number of carbonyl (C=O) groups is 1. The van der Waals surface area contributed by atoms with E-state index < -0.39 is 0 Å². The predicted molar refractivity (Wildman–Crippen MR) is 116 cm³/mol. The van der Waals surface area contributed by atoms with Gasteiger partial charge in [0.2, 0.25) is 5.91 Å². The second kappa shape index (κ2) is 7.66. The van der Waals surface area contributed by atoms with Gasteiger partial charge < -0.3 is 4.57 Å². The van der Waals surface area contributed by atoms with Crippen molar-refractivity contribution < 1.29 is 4.79 Å². The normalized spacial score (nSPS) is 11.5. The number of aryl methyl sites for hydroxylation is 1. The second-order valence-corrected chi connectivity index (χ2v) is 7.41. The highest BCUT2D eigenvalue weighted by Gasteiger charge is 2.10. The fourth-order valence-corrected chi connectivity index (χ4v) is 3.78. The summed E-state index contributed by atoms with van der Waals surface area (Å²) in [6, 6.07) is 19.5. The van der Waals surface area contributed by atoms with Gasteiger partial charge in [-0.2, -0.15) is 5.10 Å². The van der Waals surface area contributed by atoms with E-state index >= 15 is 0 Å². The Hall–Kier alpha value is -2.82. The molecule has 3 aromatic carbocycles. The molecular weight excluding hydrogens is 393 g/mol. The van der Waals surface area contributed by atoms with E-state index in [1.54, 1.807) is 18.2 Å². The number of aromatic nitrogens is 1. The molecule has 0 aliphatic carbocycles. The maximum Gasteiger partial charge on any atom is 0.244 e. The van der Waals surface area contributed by atoms with Crippen LogP contribution >= 0.6 is 23.2 Å². The Morgan fingerprint density at radius 3 is 2.64 bits per heavy atom. The summed E-state index contributed by atoms with van der Waals surface area (Å²) in [5.41, 5.74) is 6.42. The van der Waals surface area contributed by atoms with Crippen LogP contribution in [0.1, 0.15) is 11.1 Å². The summed E-state index contributed by atoms with van der Waals surface area (Å²) in [7, 11) is 2.04. The molecule has 0 aliphatic heterocycles. The molecule has 0 fully saturated rings. The Bertz CT molecular complexity index is 1230. The molecule has 1 heterocycles. The summed E-state index contributed by atoms with van der Waals surface area (Å²) < 4.78 is 2.15. The lowest BCUT2D eigenvalue weighted by Crippen LogP contribution is -2.19. The van der Waals surface area contributed by atoms with Crippen LogP contribution in [0.4, 0.5) is 0 Å². The second-order valence-electron chi connectivity index (χ2n) is 6.56. The summed E-state index contributed by atoms with van der Waals surface area (Å²) in [4.78, 5) is 12.2. The van der Waals surface area contributed by atoms with Gasteiger partial charge in [-0.3, -0.25) is 4.79 Å². The maximum atomic E-state index is 12.2. The van der Waals surface area contributed by atoms with E-state index in [1.165, 1.54) is 22.5 Å². The first kappa shape index (κ1) is 18.5. The topological polar surface area (TPSA) is 46.4 Å². The van der Waals surface area contributed by atoms with E-state index in [0.29, 0.717) is 15.6 Å². The van der Waals surface area contributed by atoms with Crippen molar-refractivity contribution in [1.82, 2.24) is 9.99 Å². The van der Waals surface area contributed by atoms with E-state index in [9.17, 15) is 4.79 Å². The van der Waals surface area contributed by atoms with E-state index in [0.717, 1.165) is 11.1 Å². The molecule has 0 aliphatic rings. The quantitative estimate of drug-likeness (QED) is 0.359. The highest BCUT2D eigenvalue weighted by molar-refractivity contribution is 6.36. The number of nitrogens with zero attached hydrogens (tertiary/aromatic N) is 2.